The summed E-state index contributed by atoms with van der Waals surface area (Å²) in [6.07, 6.45) is 0. The highest BCUT2D eigenvalue weighted by Gasteiger charge is 2.49. The molecule has 10 heteroatoms. The lowest BCUT2D eigenvalue weighted by atomic mass is 9.95. The Kier molecular flexibility index (Phi) is 4.86. The number of carbonyl (C=O) groups is 1. The van der Waals surface area contributed by atoms with E-state index in [9.17, 15) is 21.6 Å². The van der Waals surface area contributed by atoms with Crippen molar-refractivity contribution >= 4 is 53.3 Å². The second-order valence-electron chi connectivity index (χ2n) is 6.82. The van der Waals surface area contributed by atoms with E-state index in [-0.39, 0.29) is 16.3 Å². The summed E-state index contributed by atoms with van der Waals surface area (Å²) in [6, 6.07) is 11.8. The van der Waals surface area contributed by atoms with Crippen LogP contribution in [0.4, 0.5) is 11.4 Å². The predicted octanol–water partition coefficient (Wildman–Crippen LogP) is 2.95. The molecule has 27 heavy (non-hydrogen) atoms. The summed E-state index contributed by atoms with van der Waals surface area (Å²) in [6.45, 7) is 3.13. The Balaban J connectivity index is 1.89. The van der Waals surface area contributed by atoms with Crippen molar-refractivity contribution in [2.45, 2.75) is 18.7 Å². The number of anilines is 2. The number of nitrogens with one attached hydrogen (secondary N) is 1. The highest BCUT2D eigenvalue weighted by molar-refractivity contribution is 9.10. The van der Waals surface area contributed by atoms with Crippen LogP contribution in [0.3, 0.4) is 0 Å². The average Bonchev–Trinajstić information content (AvgIpc) is 2.73. The maximum absolute atomic E-state index is 12.5. The van der Waals surface area contributed by atoms with E-state index in [0.717, 1.165) is 8.78 Å². The monoisotopic (exact) mass is 472 g/mol. The Bertz CT molecular complexity index is 1090. The lowest BCUT2D eigenvalue weighted by Gasteiger charge is -2.17. The van der Waals surface area contributed by atoms with Crippen LogP contribution in [0.1, 0.15) is 13.8 Å². The molecule has 0 atom stereocenters. The van der Waals surface area contributed by atoms with Crippen molar-refractivity contribution in [1.82, 2.24) is 0 Å². The Hall–Kier alpha value is -1.91. The Morgan fingerprint density at radius 1 is 1.04 bits per heavy atom. The van der Waals surface area contributed by atoms with Gasteiger partial charge in [0.15, 0.2) is 0 Å². The fraction of sp³-hybridized carbons (Fsp3) is 0.235. The van der Waals surface area contributed by atoms with Gasteiger partial charge in [-0.3, -0.25) is 9.52 Å². The summed E-state index contributed by atoms with van der Waals surface area (Å²) in [7, 11) is -7.63. The van der Waals surface area contributed by atoms with Crippen LogP contribution in [0, 0.1) is 5.41 Å². The predicted molar refractivity (Wildman–Crippen MR) is 106 cm³/mol. The molecule has 2 aromatic carbocycles. The van der Waals surface area contributed by atoms with Gasteiger partial charge in [-0.25, -0.2) is 21.1 Å². The van der Waals surface area contributed by atoms with Crippen LogP contribution in [-0.2, 0) is 24.8 Å². The highest BCUT2D eigenvalue weighted by Crippen LogP contribution is 2.36. The molecule has 3 rings (SSSR count). The second kappa shape index (κ2) is 6.61. The molecule has 1 aliphatic heterocycles. The van der Waals surface area contributed by atoms with Gasteiger partial charge in [0.1, 0.15) is 0 Å². The van der Waals surface area contributed by atoms with E-state index in [1.54, 1.807) is 38.1 Å². The zero-order valence-corrected chi connectivity index (χ0v) is 17.7. The van der Waals surface area contributed by atoms with E-state index < -0.39 is 31.4 Å². The number of amides is 1. The average molecular weight is 473 g/mol. The van der Waals surface area contributed by atoms with Gasteiger partial charge in [-0.2, -0.15) is 0 Å². The summed E-state index contributed by atoms with van der Waals surface area (Å²) in [4.78, 5) is 12.4. The van der Waals surface area contributed by atoms with Crippen molar-refractivity contribution in [3.63, 3.8) is 0 Å². The van der Waals surface area contributed by atoms with E-state index in [1.165, 1.54) is 24.3 Å². The first-order valence-corrected chi connectivity index (χ1v) is 11.8. The number of benzene rings is 2. The first-order valence-electron chi connectivity index (χ1n) is 7.88. The van der Waals surface area contributed by atoms with Gasteiger partial charge in [-0.15, -0.1) is 0 Å². The summed E-state index contributed by atoms with van der Waals surface area (Å²) in [5, 5.41) is 0. The number of halogens is 1. The molecule has 1 heterocycles. The fourth-order valence-corrected chi connectivity index (χ4v) is 6.18. The van der Waals surface area contributed by atoms with Crippen molar-refractivity contribution in [2.24, 2.45) is 5.41 Å². The van der Waals surface area contributed by atoms with E-state index >= 15 is 0 Å². The summed E-state index contributed by atoms with van der Waals surface area (Å²) >= 11 is 3.27. The number of nitrogens with zero attached hydrogens (tertiary/aromatic N) is 1. The molecule has 144 valence electrons. The first kappa shape index (κ1) is 19.8. The maximum Gasteiger partial charge on any atom is 0.261 e. The maximum atomic E-state index is 12.5. The van der Waals surface area contributed by atoms with Crippen molar-refractivity contribution in [1.29, 1.82) is 0 Å². The molecule has 0 bridgehead atoms. The van der Waals surface area contributed by atoms with Gasteiger partial charge in [-0.05, 0) is 62.4 Å². The van der Waals surface area contributed by atoms with Crippen molar-refractivity contribution in [3.05, 3.63) is 53.0 Å². The molecule has 0 unspecified atom stereocenters. The molecule has 1 aliphatic rings. The lowest BCUT2D eigenvalue weighted by Crippen LogP contribution is -2.32. The van der Waals surface area contributed by atoms with Gasteiger partial charge < -0.3 is 0 Å². The summed E-state index contributed by atoms with van der Waals surface area (Å²) < 4.78 is 53.6. The molecule has 7 nitrogen and oxygen atoms in total. The lowest BCUT2D eigenvalue weighted by molar-refractivity contribution is -0.123. The van der Waals surface area contributed by atoms with Crippen LogP contribution in [0.25, 0.3) is 0 Å². The van der Waals surface area contributed by atoms with Gasteiger partial charge in [0.05, 0.1) is 21.8 Å². The Labute approximate surface area is 166 Å². The van der Waals surface area contributed by atoms with Crippen LogP contribution >= 0.6 is 15.9 Å². The standard InChI is InChI=1S/C17H17BrN2O5S2/c1-17(2)11-26(22,23)20(16(17)21)14-7-9-15(10-8-14)27(24,25)19-13-5-3-12(18)4-6-13/h3-10,19H,11H2,1-2H3. The molecular weight excluding hydrogens is 456 g/mol. The molecule has 0 radical (unpaired) electrons. The molecule has 0 aliphatic carbocycles. The minimum absolute atomic E-state index is 0.0440. The van der Waals surface area contributed by atoms with Crippen molar-refractivity contribution < 1.29 is 21.6 Å². The topological polar surface area (TPSA) is 101 Å². The van der Waals surface area contributed by atoms with Gasteiger partial charge in [-0.1, -0.05) is 15.9 Å². The second-order valence-corrected chi connectivity index (χ2v) is 11.2. The fourth-order valence-electron chi connectivity index (χ4n) is 2.75. The Morgan fingerprint density at radius 2 is 1.59 bits per heavy atom. The van der Waals surface area contributed by atoms with Gasteiger partial charge in [0.25, 0.3) is 10.0 Å². The molecule has 0 spiro atoms. The summed E-state index contributed by atoms with van der Waals surface area (Å²) in [5.41, 5.74) is -0.512. The van der Waals surface area contributed by atoms with E-state index in [1.807, 2.05) is 0 Å². The zero-order chi connectivity index (χ0) is 20.0. The number of hydrogen-bond donors (Lipinski definition) is 1. The molecule has 2 aromatic rings. The molecule has 0 aromatic heterocycles. The van der Waals surface area contributed by atoms with Crippen LogP contribution in [0.2, 0.25) is 0 Å². The highest BCUT2D eigenvalue weighted by atomic mass is 79.9. The smallest absolute Gasteiger partial charge is 0.261 e. The van der Waals surface area contributed by atoms with E-state index in [2.05, 4.69) is 20.7 Å². The molecule has 1 saturated heterocycles. The largest absolute Gasteiger partial charge is 0.280 e. The number of rotatable bonds is 4. The Morgan fingerprint density at radius 3 is 2.07 bits per heavy atom. The van der Waals surface area contributed by atoms with Crippen LogP contribution in [0.5, 0.6) is 0 Å². The summed E-state index contributed by atoms with van der Waals surface area (Å²) in [5.74, 6) is -0.824. The van der Waals surface area contributed by atoms with E-state index in [4.69, 9.17) is 0 Å². The van der Waals surface area contributed by atoms with Crippen LogP contribution in [-0.4, -0.2) is 28.5 Å². The normalized spacial score (nSPS) is 18.5. The van der Waals surface area contributed by atoms with Gasteiger partial charge in [0.2, 0.25) is 15.9 Å². The number of hydrogen-bond acceptors (Lipinski definition) is 5. The molecule has 0 saturated carbocycles. The zero-order valence-electron chi connectivity index (χ0n) is 14.5. The van der Waals surface area contributed by atoms with Gasteiger partial charge >= 0.3 is 0 Å². The van der Waals surface area contributed by atoms with Crippen LogP contribution in [0.15, 0.2) is 57.9 Å². The quantitative estimate of drug-likeness (QED) is 0.736. The molecule has 1 amide bonds. The van der Waals surface area contributed by atoms with Crippen LogP contribution < -0.4 is 9.03 Å². The minimum Gasteiger partial charge on any atom is -0.280 e. The SMILES string of the molecule is CC1(C)CS(=O)(=O)N(c2ccc(S(=O)(=O)Nc3ccc(Br)cc3)cc2)C1=O. The molecular formula is C17H17BrN2O5S2. The molecule has 1 N–H and O–H groups in total. The third kappa shape index (κ3) is 3.87. The number of sulfonamides is 2. The molecule has 1 fully saturated rings. The first-order chi connectivity index (χ1) is 12.4. The number of carbonyl (C=O) groups excluding carboxylic acids is 1. The third-order valence-electron chi connectivity index (χ3n) is 4.06. The van der Waals surface area contributed by atoms with E-state index in [0.29, 0.717) is 5.69 Å². The van der Waals surface area contributed by atoms with Gasteiger partial charge in [0, 0.05) is 10.2 Å². The van der Waals surface area contributed by atoms with Crippen molar-refractivity contribution in [3.8, 4) is 0 Å². The minimum atomic E-state index is -3.85. The third-order valence-corrected chi connectivity index (χ3v) is 8.01. The van der Waals surface area contributed by atoms with Crippen molar-refractivity contribution in [2.75, 3.05) is 14.8 Å².